The maximum absolute atomic E-state index is 14.9. The fourth-order valence-electron chi connectivity index (χ4n) is 8.64. The van der Waals surface area contributed by atoms with Crippen LogP contribution in [-0.4, -0.2) is 76.5 Å². The SMILES string of the molecule is CC(=O)OC[C@@]12[C@H](OC(C)=O)[C@H]3[C@@H](OC(=O)c4ccccc4)[C@@H](C)C[C@]3(O)C(=O)[C@@]3(C)OC(C)(C)[C@@H](C=C[C@H]1OC(C)=O)[C@H]23. The van der Waals surface area contributed by atoms with Crippen molar-refractivity contribution in [2.24, 2.45) is 29.1 Å². The molecule has 1 aliphatic heterocycles. The molecule has 4 aliphatic rings. The van der Waals surface area contributed by atoms with Gasteiger partial charge in [0.05, 0.1) is 22.5 Å². The number of carbonyl (C=O) groups excluding carboxylic acids is 5. The van der Waals surface area contributed by atoms with Crippen LogP contribution in [0, 0.1) is 29.1 Å². The van der Waals surface area contributed by atoms with Gasteiger partial charge in [-0.25, -0.2) is 4.79 Å². The number of fused-ring (bicyclic) bond motifs is 1. The first-order valence-electron chi connectivity index (χ1n) is 14.9. The second kappa shape index (κ2) is 10.8. The number of hydrogen-bond acceptors (Lipinski definition) is 11. The van der Waals surface area contributed by atoms with Gasteiger partial charge in [-0.2, -0.15) is 0 Å². The van der Waals surface area contributed by atoms with E-state index in [9.17, 15) is 29.1 Å². The topological polar surface area (TPSA) is 152 Å². The Labute approximate surface area is 256 Å². The molecule has 1 N–H and O–H groups in total. The van der Waals surface area contributed by atoms with Crippen LogP contribution in [0.1, 0.15) is 65.2 Å². The summed E-state index contributed by atoms with van der Waals surface area (Å²) in [6.45, 7) is 10.1. The van der Waals surface area contributed by atoms with Gasteiger partial charge in [0.15, 0.2) is 5.78 Å². The molecule has 0 radical (unpaired) electrons. The summed E-state index contributed by atoms with van der Waals surface area (Å²) >= 11 is 0. The third-order valence-electron chi connectivity index (χ3n) is 10.00. The average Bonchev–Trinajstić information content (AvgIpc) is 3.30. The molecular weight excluding hydrogens is 572 g/mol. The second-order valence-corrected chi connectivity index (χ2v) is 13.4. The number of carbonyl (C=O) groups is 5. The Kier molecular flexibility index (Phi) is 7.82. The molecule has 2 saturated carbocycles. The Morgan fingerprint density at radius 3 is 2.16 bits per heavy atom. The minimum Gasteiger partial charge on any atom is -0.465 e. The highest BCUT2D eigenvalue weighted by Crippen LogP contribution is 2.67. The number of esters is 4. The third-order valence-corrected chi connectivity index (χ3v) is 10.00. The predicted octanol–water partition coefficient (Wildman–Crippen LogP) is 2.96. The molecule has 1 aromatic rings. The Morgan fingerprint density at radius 2 is 1.57 bits per heavy atom. The van der Waals surface area contributed by atoms with Crippen LogP contribution in [0.5, 0.6) is 0 Å². The largest absolute Gasteiger partial charge is 0.465 e. The zero-order valence-electron chi connectivity index (χ0n) is 26.0. The number of Topliss-reactive ketones (excluding diaryl/α,β-unsaturated/α-hetero) is 1. The smallest absolute Gasteiger partial charge is 0.338 e. The van der Waals surface area contributed by atoms with Gasteiger partial charge in [0.25, 0.3) is 0 Å². The molecule has 3 aliphatic carbocycles. The van der Waals surface area contributed by atoms with E-state index in [1.54, 1.807) is 56.3 Å². The Balaban J connectivity index is 1.80. The number of hydrogen-bond donors (Lipinski definition) is 1. The van der Waals surface area contributed by atoms with Gasteiger partial charge in [-0.1, -0.05) is 31.2 Å². The standard InChI is InChI=1S/C33H40O11/c1-17-15-33(39)24(25(17)43-28(37)21-11-9-8-10-12-21)27(42-20(4)36)32(16-40-18(2)34)23(41-19(3)35)14-13-22-26(32)31(7,29(33)38)44-30(22,5)6/h8-14,17,22-27,39H,15-16H2,1-7H3/t17-,22-,23+,24+,25-,26-,27+,31-,32+,33+/m0/s1. The van der Waals surface area contributed by atoms with Gasteiger partial charge in [-0.3, -0.25) is 19.2 Å². The lowest BCUT2D eigenvalue weighted by Gasteiger charge is -2.53. The molecule has 238 valence electrons. The molecule has 5 rings (SSSR count). The molecule has 0 unspecified atom stereocenters. The number of ether oxygens (including phenoxy) is 5. The van der Waals surface area contributed by atoms with E-state index in [1.807, 2.05) is 13.8 Å². The molecule has 0 aromatic heterocycles. The van der Waals surface area contributed by atoms with Crippen molar-refractivity contribution < 1.29 is 52.8 Å². The fraction of sp³-hybridized carbons (Fsp3) is 0.606. The summed E-state index contributed by atoms with van der Waals surface area (Å²) in [6, 6.07) is 8.25. The van der Waals surface area contributed by atoms with Crippen molar-refractivity contribution in [2.75, 3.05) is 6.61 Å². The fourth-order valence-corrected chi connectivity index (χ4v) is 8.64. The molecule has 10 atom stereocenters. The Morgan fingerprint density at radius 1 is 0.932 bits per heavy atom. The lowest BCUT2D eigenvalue weighted by molar-refractivity contribution is -0.213. The summed E-state index contributed by atoms with van der Waals surface area (Å²) in [5.41, 5.74) is -6.29. The lowest BCUT2D eigenvalue weighted by Crippen LogP contribution is -2.64. The zero-order valence-corrected chi connectivity index (χ0v) is 26.0. The van der Waals surface area contributed by atoms with Crippen LogP contribution in [-0.2, 0) is 42.9 Å². The minimum atomic E-state index is -2.21. The molecule has 11 heteroatoms. The van der Waals surface area contributed by atoms with E-state index in [2.05, 4.69) is 0 Å². The van der Waals surface area contributed by atoms with Crippen molar-refractivity contribution in [1.29, 1.82) is 0 Å². The van der Waals surface area contributed by atoms with Crippen LogP contribution < -0.4 is 0 Å². The minimum absolute atomic E-state index is 0.132. The van der Waals surface area contributed by atoms with Crippen LogP contribution in [0.4, 0.5) is 0 Å². The summed E-state index contributed by atoms with van der Waals surface area (Å²) in [5, 5.41) is 12.6. The van der Waals surface area contributed by atoms with Crippen molar-refractivity contribution in [3.8, 4) is 0 Å². The lowest BCUT2D eigenvalue weighted by atomic mass is 9.54. The van der Waals surface area contributed by atoms with Crippen molar-refractivity contribution in [3.05, 3.63) is 48.0 Å². The molecule has 11 nitrogen and oxygen atoms in total. The highest BCUT2D eigenvalue weighted by atomic mass is 16.6. The molecular formula is C33H40O11. The van der Waals surface area contributed by atoms with Gasteiger partial charge in [0.1, 0.15) is 36.1 Å². The van der Waals surface area contributed by atoms with E-state index >= 15 is 0 Å². The van der Waals surface area contributed by atoms with Crippen molar-refractivity contribution in [3.63, 3.8) is 0 Å². The van der Waals surface area contributed by atoms with E-state index < -0.39 is 100 Å². The van der Waals surface area contributed by atoms with Crippen LogP contribution in [0.2, 0.25) is 0 Å². The molecule has 1 saturated heterocycles. The zero-order chi connectivity index (χ0) is 32.4. The Hall–Kier alpha value is -3.57. The molecule has 3 fully saturated rings. The van der Waals surface area contributed by atoms with Crippen LogP contribution in [0.15, 0.2) is 42.5 Å². The molecule has 0 bridgehead atoms. The first-order chi connectivity index (χ1) is 20.5. The summed E-state index contributed by atoms with van der Waals surface area (Å²) in [6.07, 6.45) is -0.446. The Bertz CT molecular complexity index is 1400. The van der Waals surface area contributed by atoms with Crippen molar-refractivity contribution >= 4 is 29.7 Å². The van der Waals surface area contributed by atoms with Crippen LogP contribution in [0.3, 0.4) is 0 Å². The van der Waals surface area contributed by atoms with E-state index in [0.29, 0.717) is 0 Å². The monoisotopic (exact) mass is 612 g/mol. The van der Waals surface area contributed by atoms with Gasteiger partial charge in [0, 0.05) is 32.6 Å². The molecule has 0 spiro atoms. The maximum atomic E-state index is 14.9. The average molecular weight is 613 g/mol. The summed E-state index contributed by atoms with van der Waals surface area (Å²) in [5.74, 6) is -6.80. The predicted molar refractivity (Wildman–Crippen MR) is 153 cm³/mol. The molecule has 1 heterocycles. The van der Waals surface area contributed by atoms with Gasteiger partial charge in [0.2, 0.25) is 0 Å². The number of aliphatic hydroxyl groups is 1. The van der Waals surface area contributed by atoms with Gasteiger partial charge < -0.3 is 28.8 Å². The van der Waals surface area contributed by atoms with Gasteiger partial charge in [-0.05, 0) is 51.3 Å². The van der Waals surface area contributed by atoms with Crippen LogP contribution in [0.25, 0.3) is 0 Å². The number of rotatable bonds is 6. The first kappa shape index (κ1) is 31.8. The van der Waals surface area contributed by atoms with E-state index in [1.165, 1.54) is 20.8 Å². The molecule has 44 heavy (non-hydrogen) atoms. The number of benzene rings is 1. The van der Waals surface area contributed by atoms with E-state index in [-0.39, 0.29) is 12.0 Å². The normalized spacial score (nSPS) is 39.8. The highest BCUT2D eigenvalue weighted by molar-refractivity contribution is 5.97. The second-order valence-electron chi connectivity index (χ2n) is 13.4. The van der Waals surface area contributed by atoms with Crippen LogP contribution >= 0.6 is 0 Å². The van der Waals surface area contributed by atoms with Gasteiger partial charge in [-0.15, -0.1) is 0 Å². The molecule has 1 aromatic carbocycles. The maximum Gasteiger partial charge on any atom is 0.338 e. The number of ketones is 1. The molecule has 0 amide bonds. The quantitative estimate of drug-likeness (QED) is 0.287. The summed E-state index contributed by atoms with van der Waals surface area (Å²) in [7, 11) is 0. The third kappa shape index (κ3) is 4.75. The summed E-state index contributed by atoms with van der Waals surface area (Å²) in [4.78, 5) is 66.2. The highest BCUT2D eigenvalue weighted by Gasteiger charge is 2.80. The summed E-state index contributed by atoms with van der Waals surface area (Å²) < 4.78 is 30.3. The van der Waals surface area contributed by atoms with E-state index in [0.717, 1.165) is 0 Å². The van der Waals surface area contributed by atoms with Crippen molar-refractivity contribution in [1.82, 2.24) is 0 Å². The van der Waals surface area contributed by atoms with Crippen molar-refractivity contribution in [2.45, 2.75) is 90.0 Å². The first-order valence-corrected chi connectivity index (χ1v) is 14.9. The van der Waals surface area contributed by atoms with E-state index in [4.69, 9.17) is 23.7 Å². The van der Waals surface area contributed by atoms with Gasteiger partial charge >= 0.3 is 23.9 Å².